The second-order valence-electron chi connectivity index (χ2n) is 4.54. The zero-order valence-corrected chi connectivity index (χ0v) is 11.9. The molecule has 1 N–H and O–H groups in total. The van der Waals surface area contributed by atoms with Crippen LogP contribution in [0.5, 0.6) is 0 Å². The van der Waals surface area contributed by atoms with Crippen LogP contribution in [0.25, 0.3) is 0 Å². The predicted molar refractivity (Wildman–Crippen MR) is 74.5 cm³/mol. The number of sulfonamides is 1. The molecule has 0 saturated carbocycles. The van der Waals surface area contributed by atoms with Crippen molar-refractivity contribution in [3.8, 4) is 0 Å². The van der Waals surface area contributed by atoms with E-state index in [2.05, 4.69) is 4.40 Å². The van der Waals surface area contributed by atoms with Gasteiger partial charge < -0.3 is 10.0 Å². The minimum Gasteiger partial charge on any atom is -0.376 e. The molecule has 0 bridgehead atoms. The number of likely N-dealkylation sites (N-methyl/N-ethyl adjacent to an activating group) is 1. The maximum Gasteiger partial charge on any atom is 0.258 e. The van der Waals surface area contributed by atoms with Gasteiger partial charge in [0, 0.05) is 13.1 Å². The summed E-state index contributed by atoms with van der Waals surface area (Å²) in [5, 5.41) is 10.8. The Kier molecular flexibility index (Phi) is 3.64. The molecule has 104 valence electrons. The second kappa shape index (κ2) is 4.94. The quantitative estimate of drug-likeness (QED) is 0.896. The van der Waals surface area contributed by atoms with Crippen molar-refractivity contribution in [2.24, 2.45) is 4.40 Å². The van der Waals surface area contributed by atoms with Crippen molar-refractivity contribution in [2.75, 3.05) is 18.8 Å². The molecular weight excluding hydrogens is 264 g/mol. The first kappa shape index (κ1) is 14.0. The molecule has 1 aliphatic rings. The SMILES string of the molecule is CCN(CC)C1=NS(=O)(=O)CC1(O)c1ccccc1. The highest BCUT2D eigenvalue weighted by molar-refractivity contribution is 7.90. The lowest BCUT2D eigenvalue weighted by atomic mass is 9.93. The maximum atomic E-state index is 11.8. The fourth-order valence-corrected chi connectivity index (χ4v) is 3.76. The summed E-state index contributed by atoms with van der Waals surface area (Å²) in [6, 6.07) is 8.82. The van der Waals surface area contributed by atoms with E-state index in [1.165, 1.54) is 0 Å². The lowest BCUT2D eigenvalue weighted by molar-refractivity contribution is 0.123. The zero-order chi connectivity index (χ0) is 14.1. The molecule has 1 unspecified atom stereocenters. The average molecular weight is 282 g/mol. The van der Waals surface area contributed by atoms with E-state index in [4.69, 9.17) is 0 Å². The van der Waals surface area contributed by atoms with E-state index in [9.17, 15) is 13.5 Å². The average Bonchev–Trinajstić information content (AvgIpc) is 2.64. The Morgan fingerprint density at radius 1 is 1.26 bits per heavy atom. The van der Waals surface area contributed by atoms with Crippen molar-refractivity contribution >= 4 is 15.9 Å². The van der Waals surface area contributed by atoms with E-state index in [0.717, 1.165) is 0 Å². The summed E-state index contributed by atoms with van der Waals surface area (Å²) in [5.74, 6) is -0.167. The lowest BCUT2D eigenvalue weighted by Gasteiger charge is -2.31. The van der Waals surface area contributed by atoms with Crippen LogP contribution in [0.1, 0.15) is 19.4 Å². The van der Waals surface area contributed by atoms with E-state index in [1.807, 2.05) is 19.9 Å². The topological polar surface area (TPSA) is 70.0 Å². The first-order valence-electron chi connectivity index (χ1n) is 6.29. The summed E-state index contributed by atoms with van der Waals surface area (Å²) in [6.07, 6.45) is 0. The fourth-order valence-electron chi connectivity index (χ4n) is 2.34. The standard InChI is InChI=1S/C13H18N2O3S/c1-3-15(4-2)12-13(16,10-19(17,18)14-12)11-8-6-5-7-9-11/h5-9,16H,3-4,10H2,1-2H3. The van der Waals surface area contributed by atoms with Gasteiger partial charge in [-0.15, -0.1) is 4.40 Å². The van der Waals surface area contributed by atoms with Gasteiger partial charge in [-0.2, -0.15) is 0 Å². The summed E-state index contributed by atoms with van der Waals surface area (Å²) < 4.78 is 27.3. The predicted octanol–water partition coefficient (Wildman–Crippen LogP) is 0.958. The van der Waals surface area contributed by atoms with Crippen LogP contribution in [0.15, 0.2) is 34.7 Å². The number of benzene rings is 1. The van der Waals surface area contributed by atoms with E-state index in [1.54, 1.807) is 29.2 Å². The molecule has 1 atom stereocenters. The van der Waals surface area contributed by atoms with Gasteiger partial charge in [0.1, 0.15) is 5.75 Å². The Balaban J connectivity index is 2.54. The fraction of sp³-hybridized carbons (Fsp3) is 0.462. The Morgan fingerprint density at radius 2 is 1.84 bits per heavy atom. The van der Waals surface area contributed by atoms with Gasteiger partial charge in [-0.1, -0.05) is 30.3 Å². The first-order valence-corrected chi connectivity index (χ1v) is 7.90. The second-order valence-corrected chi connectivity index (χ2v) is 6.17. The number of rotatable bonds is 3. The number of amidine groups is 1. The van der Waals surface area contributed by atoms with Crippen molar-refractivity contribution in [1.82, 2.24) is 4.90 Å². The van der Waals surface area contributed by atoms with Crippen molar-refractivity contribution in [1.29, 1.82) is 0 Å². The number of hydrogen-bond acceptors (Lipinski definition) is 4. The minimum atomic E-state index is -3.62. The van der Waals surface area contributed by atoms with Gasteiger partial charge in [0.25, 0.3) is 10.0 Å². The summed E-state index contributed by atoms with van der Waals surface area (Å²) in [4.78, 5) is 1.78. The largest absolute Gasteiger partial charge is 0.376 e. The smallest absolute Gasteiger partial charge is 0.258 e. The third-order valence-corrected chi connectivity index (χ3v) is 4.53. The number of nitrogens with zero attached hydrogens (tertiary/aromatic N) is 2. The molecular formula is C13H18N2O3S. The molecule has 5 nitrogen and oxygen atoms in total. The minimum absolute atomic E-state index is 0.226. The van der Waals surface area contributed by atoms with E-state index in [0.29, 0.717) is 18.7 Å². The van der Waals surface area contributed by atoms with Gasteiger partial charge in [0.15, 0.2) is 11.4 Å². The van der Waals surface area contributed by atoms with Crippen molar-refractivity contribution < 1.29 is 13.5 Å². The molecule has 0 amide bonds. The molecule has 6 heteroatoms. The Bertz CT molecular complexity index is 579. The van der Waals surface area contributed by atoms with E-state index in [-0.39, 0.29) is 5.84 Å². The molecule has 1 heterocycles. The molecule has 1 aliphatic heterocycles. The molecule has 0 aromatic heterocycles. The zero-order valence-electron chi connectivity index (χ0n) is 11.1. The van der Waals surface area contributed by atoms with E-state index < -0.39 is 21.4 Å². The number of hydrogen-bond donors (Lipinski definition) is 1. The van der Waals surface area contributed by atoms with Crippen LogP contribution in [0.3, 0.4) is 0 Å². The molecule has 2 rings (SSSR count). The van der Waals surface area contributed by atoms with Gasteiger partial charge in [-0.25, -0.2) is 8.42 Å². The normalized spacial score (nSPS) is 25.1. The summed E-state index contributed by atoms with van der Waals surface area (Å²) in [6.45, 7) is 5.00. The molecule has 0 fully saturated rings. The van der Waals surface area contributed by atoms with Crippen molar-refractivity contribution in [3.05, 3.63) is 35.9 Å². The highest BCUT2D eigenvalue weighted by Crippen LogP contribution is 2.32. The molecule has 1 aromatic carbocycles. The summed E-state index contributed by atoms with van der Waals surface area (Å²) in [7, 11) is -3.62. The monoisotopic (exact) mass is 282 g/mol. The highest BCUT2D eigenvalue weighted by Gasteiger charge is 2.48. The van der Waals surface area contributed by atoms with Crippen molar-refractivity contribution in [2.45, 2.75) is 19.4 Å². The van der Waals surface area contributed by atoms with Gasteiger partial charge in [0.2, 0.25) is 0 Å². The Labute approximate surface area is 113 Å². The molecule has 0 spiro atoms. The Hall–Kier alpha value is -1.40. The summed E-state index contributed by atoms with van der Waals surface area (Å²) in [5.41, 5.74) is -0.992. The van der Waals surface area contributed by atoms with E-state index >= 15 is 0 Å². The molecule has 19 heavy (non-hydrogen) atoms. The van der Waals surface area contributed by atoms with Crippen LogP contribution >= 0.6 is 0 Å². The van der Waals surface area contributed by atoms with Crippen molar-refractivity contribution in [3.63, 3.8) is 0 Å². The van der Waals surface area contributed by atoms with Crippen LogP contribution in [0.2, 0.25) is 0 Å². The molecule has 0 saturated heterocycles. The van der Waals surface area contributed by atoms with Gasteiger partial charge in [-0.05, 0) is 19.4 Å². The third-order valence-electron chi connectivity index (χ3n) is 3.30. The first-order chi connectivity index (χ1) is 8.93. The van der Waals surface area contributed by atoms with Gasteiger partial charge in [0.05, 0.1) is 0 Å². The van der Waals surface area contributed by atoms with Gasteiger partial charge >= 0.3 is 0 Å². The molecule has 1 aromatic rings. The third kappa shape index (κ3) is 2.50. The Morgan fingerprint density at radius 3 is 2.37 bits per heavy atom. The lowest BCUT2D eigenvalue weighted by Crippen LogP contribution is -2.46. The molecule has 0 radical (unpaired) electrons. The van der Waals surface area contributed by atoms with Crippen LogP contribution < -0.4 is 0 Å². The number of aliphatic hydroxyl groups is 1. The van der Waals surface area contributed by atoms with Crippen LogP contribution in [0, 0.1) is 0 Å². The van der Waals surface area contributed by atoms with Crippen LogP contribution in [-0.4, -0.2) is 43.1 Å². The maximum absolute atomic E-state index is 11.8. The summed E-state index contributed by atoms with van der Waals surface area (Å²) >= 11 is 0. The molecule has 0 aliphatic carbocycles. The van der Waals surface area contributed by atoms with Gasteiger partial charge in [-0.3, -0.25) is 0 Å². The highest BCUT2D eigenvalue weighted by atomic mass is 32.2. The van der Waals surface area contributed by atoms with Crippen LogP contribution in [-0.2, 0) is 15.6 Å². The van der Waals surface area contributed by atoms with Crippen LogP contribution in [0.4, 0.5) is 0 Å².